The van der Waals surface area contributed by atoms with E-state index in [1.165, 1.54) is 0 Å². The number of hydrogen-bond donors (Lipinski definition) is 1. The Kier molecular flexibility index (Phi) is 7.22. The van der Waals surface area contributed by atoms with Crippen LogP contribution in [0.15, 0.2) is 18.2 Å². The minimum absolute atomic E-state index is 0.493. The van der Waals surface area contributed by atoms with Crippen LogP contribution < -0.4 is 15.2 Å². The molecule has 0 amide bonds. The highest BCUT2D eigenvalue weighted by atomic mass is 16.5. The van der Waals surface area contributed by atoms with Crippen molar-refractivity contribution in [1.29, 1.82) is 0 Å². The third-order valence-corrected chi connectivity index (χ3v) is 2.59. The second-order valence-corrected chi connectivity index (χ2v) is 4.00. The zero-order valence-corrected chi connectivity index (χ0v) is 11.3. The summed E-state index contributed by atoms with van der Waals surface area (Å²) >= 11 is 0. The second kappa shape index (κ2) is 8.78. The van der Waals surface area contributed by atoms with Crippen LogP contribution in [0.5, 0.6) is 11.5 Å². The van der Waals surface area contributed by atoms with Gasteiger partial charge in [0.15, 0.2) is 11.5 Å². The third kappa shape index (κ3) is 4.94. The molecule has 0 heterocycles. The van der Waals surface area contributed by atoms with E-state index in [1.807, 2.05) is 18.2 Å². The number of nitrogens with two attached hydrogens (primary N) is 1. The molecule has 1 aromatic carbocycles. The van der Waals surface area contributed by atoms with Gasteiger partial charge in [-0.2, -0.15) is 0 Å². The van der Waals surface area contributed by atoms with Gasteiger partial charge in [0.2, 0.25) is 0 Å². The fraction of sp³-hybridized carbons (Fsp3) is 0.571. The van der Waals surface area contributed by atoms with Crippen molar-refractivity contribution in [2.75, 3.05) is 26.9 Å². The largest absolute Gasteiger partial charge is 0.493 e. The molecule has 0 unspecified atom stereocenters. The van der Waals surface area contributed by atoms with Crippen LogP contribution in [-0.4, -0.2) is 26.9 Å². The Morgan fingerprint density at radius 1 is 1.11 bits per heavy atom. The molecule has 0 saturated heterocycles. The molecule has 4 nitrogen and oxygen atoms in total. The number of ether oxygens (including phenoxy) is 3. The van der Waals surface area contributed by atoms with Crippen molar-refractivity contribution >= 4 is 0 Å². The molecule has 18 heavy (non-hydrogen) atoms. The molecule has 4 heteroatoms. The van der Waals surface area contributed by atoms with Gasteiger partial charge in [0, 0.05) is 13.2 Å². The number of rotatable bonds is 9. The van der Waals surface area contributed by atoms with Crippen molar-refractivity contribution in [2.45, 2.75) is 26.3 Å². The summed E-state index contributed by atoms with van der Waals surface area (Å²) in [4.78, 5) is 0. The van der Waals surface area contributed by atoms with Crippen LogP contribution in [0.25, 0.3) is 0 Å². The van der Waals surface area contributed by atoms with Crippen molar-refractivity contribution in [2.24, 2.45) is 5.73 Å². The van der Waals surface area contributed by atoms with E-state index in [2.05, 4.69) is 6.92 Å². The Labute approximate surface area is 109 Å². The first kappa shape index (κ1) is 14.8. The maximum Gasteiger partial charge on any atom is 0.161 e. The van der Waals surface area contributed by atoms with E-state index in [-0.39, 0.29) is 0 Å². The topological polar surface area (TPSA) is 53.7 Å². The van der Waals surface area contributed by atoms with Crippen molar-refractivity contribution in [3.8, 4) is 11.5 Å². The molecule has 0 radical (unpaired) electrons. The van der Waals surface area contributed by atoms with Gasteiger partial charge in [0.05, 0.1) is 13.7 Å². The molecule has 0 atom stereocenters. The van der Waals surface area contributed by atoms with Gasteiger partial charge in [-0.15, -0.1) is 0 Å². The van der Waals surface area contributed by atoms with Crippen LogP contribution in [0, 0.1) is 0 Å². The zero-order chi connectivity index (χ0) is 13.2. The van der Waals surface area contributed by atoms with Crippen molar-refractivity contribution in [3.63, 3.8) is 0 Å². The normalized spacial score (nSPS) is 10.4. The predicted octanol–water partition coefficient (Wildman–Crippen LogP) is 2.35. The van der Waals surface area contributed by atoms with Gasteiger partial charge in [-0.05, 0) is 24.1 Å². The van der Waals surface area contributed by atoms with Crippen LogP contribution in [0.2, 0.25) is 0 Å². The summed E-state index contributed by atoms with van der Waals surface area (Å²) in [5.74, 6) is 1.44. The van der Waals surface area contributed by atoms with Gasteiger partial charge < -0.3 is 19.9 Å². The van der Waals surface area contributed by atoms with Crippen LogP contribution >= 0.6 is 0 Å². The summed E-state index contributed by atoms with van der Waals surface area (Å²) in [6, 6.07) is 5.71. The SMILES string of the molecule is CCCCOCCOc1cc(CN)ccc1OC. The monoisotopic (exact) mass is 253 g/mol. The van der Waals surface area contributed by atoms with Gasteiger partial charge in [0.25, 0.3) is 0 Å². The standard InChI is InChI=1S/C14H23NO3/c1-3-4-7-17-8-9-18-14-10-12(11-15)5-6-13(14)16-2/h5-6,10H,3-4,7-9,11,15H2,1-2H3. The van der Waals surface area contributed by atoms with Gasteiger partial charge in [-0.3, -0.25) is 0 Å². The molecule has 102 valence electrons. The molecule has 0 aliphatic heterocycles. The molecule has 0 fully saturated rings. The molecule has 0 saturated carbocycles. The summed E-state index contributed by atoms with van der Waals surface area (Å²) in [6.45, 7) is 4.54. The van der Waals surface area contributed by atoms with Crippen LogP contribution in [-0.2, 0) is 11.3 Å². The second-order valence-electron chi connectivity index (χ2n) is 4.00. The first-order valence-corrected chi connectivity index (χ1v) is 6.39. The fourth-order valence-corrected chi connectivity index (χ4v) is 1.52. The molecular weight excluding hydrogens is 230 g/mol. The minimum Gasteiger partial charge on any atom is -0.493 e. The summed E-state index contributed by atoms with van der Waals surface area (Å²) in [5, 5.41) is 0. The van der Waals surface area contributed by atoms with Crippen LogP contribution in [0.3, 0.4) is 0 Å². The molecule has 0 spiro atoms. The van der Waals surface area contributed by atoms with Crippen molar-refractivity contribution in [1.82, 2.24) is 0 Å². The van der Waals surface area contributed by atoms with Crippen molar-refractivity contribution in [3.05, 3.63) is 23.8 Å². The van der Waals surface area contributed by atoms with Crippen LogP contribution in [0.4, 0.5) is 0 Å². The average molecular weight is 253 g/mol. The lowest BCUT2D eigenvalue weighted by atomic mass is 10.2. The highest BCUT2D eigenvalue weighted by Crippen LogP contribution is 2.27. The van der Waals surface area contributed by atoms with Crippen molar-refractivity contribution < 1.29 is 14.2 Å². The van der Waals surface area contributed by atoms with E-state index < -0.39 is 0 Å². The van der Waals surface area contributed by atoms with Crippen LogP contribution in [0.1, 0.15) is 25.3 Å². The maximum atomic E-state index is 5.65. The minimum atomic E-state index is 0.493. The molecular formula is C14H23NO3. The molecule has 1 rings (SSSR count). The van der Waals surface area contributed by atoms with Gasteiger partial charge in [-0.25, -0.2) is 0 Å². The Morgan fingerprint density at radius 2 is 1.94 bits per heavy atom. The first-order valence-electron chi connectivity index (χ1n) is 6.39. The number of methoxy groups -OCH3 is 1. The molecule has 2 N–H and O–H groups in total. The maximum absolute atomic E-state index is 5.65. The van der Waals surface area contributed by atoms with E-state index >= 15 is 0 Å². The highest BCUT2D eigenvalue weighted by molar-refractivity contribution is 5.42. The van der Waals surface area contributed by atoms with Gasteiger partial charge >= 0.3 is 0 Å². The Morgan fingerprint density at radius 3 is 2.61 bits per heavy atom. The fourth-order valence-electron chi connectivity index (χ4n) is 1.52. The Balaban J connectivity index is 2.39. The first-order chi connectivity index (χ1) is 8.81. The molecule has 0 bridgehead atoms. The third-order valence-electron chi connectivity index (χ3n) is 2.59. The zero-order valence-electron chi connectivity index (χ0n) is 11.3. The summed E-state index contributed by atoms with van der Waals surface area (Å²) in [5.41, 5.74) is 6.62. The summed E-state index contributed by atoms with van der Waals surface area (Å²) in [7, 11) is 1.63. The number of hydrogen-bond acceptors (Lipinski definition) is 4. The summed E-state index contributed by atoms with van der Waals surface area (Å²) in [6.07, 6.45) is 2.24. The molecule has 0 aromatic heterocycles. The van der Waals surface area contributed by atoms with Gasteiger partial charge in [-0.1, -0.05) is 19.4 Å². The van der Waals surface area contributed by atoms with E-state index in [9.17, 15) is 0 Å². The lowest BCUT2D eigenvalue weighted by Gasteiger charge is -2.12. The van der Waals surface area contributed by atoms with E-state index in [4.69, 9.17) is 19.9 Å². The predicted molar refractivity (Wildman–Crippen MR) is 72.1 cm³/mol. The van der Waals surface area contributed by atoms with Gasteiger partial charge in [0.1, 0.15) is 6.61 Å². The van der Waals surface area contributed by atoms with E-state index in [0.717, 1.165) is 36.5 Å². The lowest BCUT2D eigenvalue weighted by Crippen LogP contribution is -2.08. The Hall–Kier alpha value is -1.26. The smallest absolute Gasteiger partial charge is 0.161 e. The summed E-state index contributed by atoms with van der Waals surface area (Å²) < 4.78 is 16.3. The Bertz CT molecular complexity index is 342. The van der Waals surface area contributed by atoms with E-state index in [0.29, 0.717) is 19.8 Å². The molecule has 0 aliphatic rings. The molecule has 0 aliphatic carbocycles. The molecule has 1 aromatic rings. The highest BCUT2D eigenvalue weighted by Gasteiger charge is 2.05. The number of unbranched alkanes of at least 4 members (excludes halogenated alkanes) is 1. The average Bonchev–Trinajstić information content (AvgIpc) is 2.42. The van der Waals surface area contributed by atoms with E-state index in [1.54, 1.807) is 7.11 Å². The number of benzene rings is 1. The lowest BCUT2D eigenvalue weighted by molar-refractivity contribution is 0.0970. The quantitative estimate of drug-likeness (QED) is 0.686.